The molecule has 3 rings (SSSR count). The minimum Gasteiger partial charge on any atom is -0.394 e. The third-order valence-electron chi connectivity index (χ3n) is 3.59. The smallest absolute Gasteiger partial charge is 0.0640 e. The van der Waals surface area contributed by atoms with Crippen LogP contribution in [0.3, 0.4) is 0 Å². The van der Waals surface area contributed by atoms with Crippen LogP contribution in [0.4, 0.5) is 0 Å². The second kappa shape index (κ2) is 6.56. The van der Waals surface area contributed by atoms with Crippen molar-refractivity contribution in [3.05, 3.63) is 54.0 Å². The molecule has 0 bridgehead atoms. The number of aliphatic hydroxyl groups is 1. The summed E-state index contributed by atoms with van der Waals surface area (Å²) in [5, 5.41) is 17.8. The average Bonchev–Trinajstić information content (AvgIpc) is 3.11. The minimum absolute atomic E-state index is 0.120. The van der Waals surface area contributed by atoms with Crippen LogP contribution in [0.2, 0.25) is 0 Å². The van der Waals surface area contributed by atoms with E-state index < -0.39 is 0 Å². The summed E-state index contributed by atoms with van der Waals surface area (Å²) in [5.74, 6) is 0. The average molecular weight is 284 g/mol. The molecule has 5 nitrogen and oxygen atoms in total. The number of rotatable bonds is 7. The molecule has 110 valence electrons. The van der Waals surface area contributed by atoms with Crippen molar-refractivity contribution in [1.29, 1.82) is 0 Å². The molecular weight excluding hydrogens is 264 g/mol. The summed E-state index contributed by atoms with van der Waals surface area (Å²) >= 11 is 0. The van der Waals surface area contributed by atoms with Crippen LogP contribution >= 0.6 is 0 Å². The Kier molecular flexibility index (Phi) is 4.33. The highest BCUT2D eigenvalue weighted by Gasteiger charge is 2.02. The Morgan fingerprint density at radius 1 is 1.29 bits per heavy atom. The van der Waals surface area contributed by atoms with Crippen molar-refractivity contribution < 1.29 is 5.11 Å². The molecule has 5 heteroatoms. The summed E-state index contributed by atoms with van der Waals surface area (Å²) in [6.07, 6.45) is 6.89. The van der Waals surface area contributed by atoms with Crippen molar-refractivity contribution in [2.75, 3.05) is 13.2 Å². The van der Waals surface area contributed by atoms with Gasteiger partial charge in [0.15, 0.2) is 0 Å². The first kappa shape index (κ1) is 13.9. The van der Waals surface area contributed by atoms with E-state index in [0.29, 0.717) is 6.54 Å². The fourth-order valence-electron chi connectivity index (χ4n) is 2.52. The Morgan fingerprint density at radius 3 is 3.10 bits per heavy atom. The fraction of sp³-hybridized carbons (Fsp3) is 0.312. The maximum absolute atomic E-state index is 8.86. The van der Waals surface area contributed by atoms with E-state index in [1.807, 2.05) is 18.5 Å². The molecule has 2 heterocycles. The molecule has 0 atom stereocenters. The maximum Gasteiger partial charge on any atom is 0.0640 e. The standard InChI is InChI=1S/C16H20N4O/c21-8-7-20-12-13(10-19-20)9-17-6-5-14-11-18-16-4-2-1-3-15(14)16/h1-4,10-12,17-18,21H,5-9H2. The van der Waals surface area contributed by atoms with Crippen LogP contribution in [-0.2, 0) is 19.5 Å². The van der Waals surface area contributed by atoms with Gasteiger partial charge in [0, 0.05) is 35.4 Å². The lowest BCUT2D eigenvalue weighted by molar-refractivity contribution is 0.269. The lowest BCUT2D eigenvalue weighted by atomic mass is 10.1. The van der Waals surface area contributed by atoms with Crippen molar-refractivity contribution in [2.24, 2.45) is 0 Å². The number of hydrogen-bond acceptors (Lipinski definition) is 3. The zero-order valence-corrected chi connectivity index (χ0v) is 11.9. The number of H-pyrrole nitrogens is 1. The van der Waals surface area contributed by atoms with Gasteiger partial charge in [0.05, 0.1) is 19.3 Å². The van der Waals surface area contributed by atoms with Gasteiger partial charge in [-0.1, -0.05) is 18.2 Å². The summed E-state index contributed by atoms with van der Waals surface area (Å²) in [4.78, 5) is 3.30. The molecule has 0 amide bonds. The molecule has 0 fully saturated rings. The zero-order chi connectivity index (χ0) is 14.5. The van der Waals surface area contributed by atoms with Crippen LogP contribution in [0.1, 0.15) is 11.1 Å². The Hall–Kier alpha value is -2.11. The molecule has 0 aliphatic carbocycles. The Balaban J connectivity index is 1.49. The molecule has 3 aromatic rings. The van der Waals surface area contributed by atoms with Gasteiger partial charge in [0.1, 0.15) is 0 Å². The van der Waals surface area contributed by atoms with Crippen LogP contribution in [0.15, 0.2) is 42.9 Å². The number of aliphatic hydroxyl groups excluding tert-OH is 1. The highest BCUT2D eigenvalue weighted by Crippen LogP contribution is 2.17. The largest absolute Gasteiger partial charge is 0.394 e. The van der Waals surface area contributed by atoms with Gasteiger partial charge < -0.3 is 15.4 Å². The van der Waals surface area contributed by atoms with Crippen LogP contribution < -0.4 is 5.32 Å². The van der Waals surface area contributed by atoms with Crippen molar-refractivity contribution in [1.82, 2.24) is 20.1 Å². The van der Waals surface area contributed by atoms with Crippen molar-refractivity contribution in [3.63, 3.8) is 0 Å². The summed E-state index contributed by atoms with van der Waals surface area (Å²) in [5.41, 5.74) is 3.68. The molecule has 0 spiro atoms. The number of nitrogens with one attached hydrogen (secondary N) is 2. The number of fused-ring (bicyclic) bond motifs is 1. The van der Waals surface area contributed by atoms with Crippen molar-refractivity contribution in [2.45, 2.75) is 19.5 Å². The molecule has 0 aliphatic heterocycles. The summed E-state index contributed by atoms with van der Waals surface area (Å²) in [7, 11) is 0. The van der Waals surface area contributed by atoms with Crippen LogP contribution in [0.5, 0.6) is 0 Å². The number of aromatic nitrogens is 3. The first-order valence-electron chi connectivity index (χ1n) is 7.25. The van der Waals surface area contributed by atoms with E-state index in [9.17, 15) is 0 Å². The molecule has 0 radical (unpaired) electrons. The second-order valence-corrected chi connectivity index (χ2v) is 5.12. The van der Waals surface area contributed by atoms with E-state index in [-0.39, 0.29) is 6.61 Å². The Bertz CT molecular complexity index is 701. The third kappa shape index (κ3) is 3.32. The molecule has 0 saturated carbocycles. The normalized spacial score (nSPS) is 11.3. The minimum atomic E-state index is 0.120. The zero-order valence-electron chi connectivity index (χ0n) is 11.9. The van der Waals surface area contributed by atoms with Crippen molar-refractivity contribution >= 4 is 10.9 Å². The van der Waals surface area contributed by atoms with Gasteiger partial charge in [-0.25, -0.2) is 0 Å². The third-order valence-corrected chi connectivity index (χ3v) is 3.59. The van der Waals surface area contributed by atoms with Gasteiger partial charge in [-0.2, -0.15) is 5.10 Å². The van der Waals surface area contributed by atoms with Gasteiger partial charge >= 0.3 is 0 Å². The lowest BCUT2D eigenvalue weighted by Gasteiger charge is -2.02. The SMILES string of the molecule is OCCn1cc(CNCCc2c[nH]c3ccccc23)cn1. The van der Waals surface area contributed by atoms with E-state index in [0.717, 1.165) is 25.1 Å². The van der Waals surface area contributed by atoms with Crippen LogP contribution in [-0.4, -0.2) is 33.0 Å². The highest BCUT2D eigenvalue weighted by atomic mass is 16.3. The predicted molar refractivity (Wildman–Crippen MR) is 83.0 cm³/mol. The molecule has 2 aromatic heterocycles. The summed E-state index contributed by atoms with van der Waals surface area (Å²) < 4.78 is 1.76. The second-order valence-electron chi connectivity index (χ2n) is 5.12. The van der Waals surface area contributed by atoms with E-state index in [1.54, 1.807) is 4.68 Å². The summed E-state index contributed by atoms with van der Waals surface area (Å²) in [6.45, 7) is 2.39. The maximum atomic E-state index is 8.86. The van der Waals surface area contributed by atoms with E-state index in [2.05, 4.69) is 39.8 Å². The molecule has 21 heavy (non-hydrogen) atoms. The Labute approximate surface area is 123 Å². The number of aromatic amines is 1. The first-order valence-corrected chi connectivity index (χ1v) is 7.25. The quantitative estimate of drug-likeness (QED) is 0.578. The van der Waals surface area contributed by atoms with Crippen LogP contribution in [0.25, 0.3) is 10.9 Å². The van der Waals surface area contributed by atoms with Gasteiger partial charge in [-0.05, 0) is 24.6 Å². The van der Waals surface area contributed by atoms with Gasteiger partial charge in [-0.3, -0.25) is 4.68 Å². The molecule has 0 aliphatic rings. The van der Waals surface area contributed by atoms with Gasteiger partial charge in [-0.15, -0.1) is 0 Å². The highest BCUT2D eigenvalue weighted by molar-refractivity contribution is 5.83. The number of hydrogen-bond donors (Lipinski definition) is 3. The van der Waals surface area contributed by atoms with E-state index in [4.69, 9.17) is 5.11 Å². The molecule has 3 N–H and O–H groups in total. The first-order chi connectivity index (χ1) is 10.4. The number of nitrogens with zero attached hydrogens (tertiary/aromatic N) is 2. The number of benzene rings is 1. The molecule has 0 unspecified atom stereocenters. The van der Waals surface area contributed by atoms with Crippen LogP contribution in [0, 0.1) is 0 Å². The fourth-order valence-corrected chi connectivity index (χ4v) is 2.52. The summed E-state index contributed by atoms with van der Waals surface area (Å²) in [6, 6.07) is 8.37. The Morgan fingerprint density at radius 2 is 2.19 bits per heavy atom. The van der Waals surface area contributed by atoms with Gasteiger partial charge in [0.25, 0.3) is 0 Å². The topological polar surface area (TPSA) is 65.9 Å². The van der Waals surface area contributed by atoms with Crippen molar-refractivity contribution in [3.8, 4) is 0 Å². The molecule has 0 saturated heterocycles. The lowest BCUT2D eigenvalue weighted by Crippen LogP contribution is -2.16. The van der Waals surface area contributed by atoms with E-state index >= 15 is 0 Å². The van der Waals surface area contributed by atoms with Gasteiger partial charge in [0.2, 0.25) is 0 Å². The monoisotopic (exact) mass is 284 g/mol. The van der Waals surface area contributed by atoms with E-state index in [1.165, 1.54) is 16.5 Å². The molecular formula is C16H20N4O. The number of para-hydroxylation sites is 1. The molecule has 1 aromatic carbocycles. The predicted octanol–water partition coefficient (Wildman–Crippen LogP) is 1.69.